The molecule has 3 rings (SSSR count). The van der Waals surface area contributed by atoms with E-state index < -0.39 is 34.3 Å². The van der Waals surface area contributed by atoms with Gasteiger partial charge in [0, 0.05) is 12.6 Å². The van der Waals surface area contributed by atoms with E-state index in [4.69, 9.17) is 4.74 Å². The third kappa shape index (κ3) is 7.57. The largest absolute Gasteiger partial charge is 0.497 e. The summed E-state index contributed by atoms with van der Waals surface area (Å²) < 4.78 is 47.3. The summed E-state index contributed by atoms with van der Waals surface area (Å²) in [5.41, 5.74) is 0.858. The molecule has 0 saturated carbocycles. The molecule has 0 fully saturated rings. The Labute approximate surface area is 229 Å². The van der Waals surface area contributed by atoms with Crippen LogP contribution in [0, 0.1) is 5.82 Å². The van der Waals surface area contributed by atoms with Crippen molar-refractivity contribution in [3.63, 3.8) is 0 Å². The van der Waals surface area contributed by atoms with Gasteiger partial charge in [-0.25, -0.2) is 12.8 Å². The molecule has 3 aromatic carbocycles. The summed E-state index contributed by atoms with van der Waals surface area (Å²) in [5, 5.41) is 2.84. The second kappa shape index (κ2) is 13.2. The predicted octanol–water partition coefficient (Wildman–Crippen LogP) is 4.36. The van der Waals surface area contributed by atoms with Crippen LogP contribution in [0.3, 0.4) is 0 Å². The fourth-order valence-electron chi connectivity index (χ4n) is 4.08. The van der Waals surface area contributed by atoms with Crippen LogP contribution in [-0.4, -0.2) is 50.9 Å². The Kier molecular flexibility index (Phi) is 10.1. The topological polar surface area (TPSA) is 96.0 Å². The standard InChI is InChI=1S/C29H34FN3O5S/c1-5-27(29(35)31-21(2)3)32(19-22-11-13-23(30)14-12-22)28(34)20-33(24-15-17-25(38-4)18-16-24)39(36,37)26-9-7-6-8-10-26/h6-18,21,27H,5,19-20H2,1-4H3,(H,31,35)/t27-/m0/s1. The van der Waals surface area contributed by atoms with Crippen molar-refractivity contribution in [2.45, 2.75) is 50.7 Å². The van der Waals surface area contributed by atoms with E-state index >= 15 is 0 Å². The Hall–Kier alpha value is -3.92. The number of rotatable bonds is 12. The minimum atomic E-state index is -4.16. The zero-order valence-electron chi connectivity index (χ0n) is 22.5. The number of amides is 2. The normalized spacial score (nSPS) is 12.1. The van der Waals surface area contributed by atoms with Gasteiger partial charge in [0.25, 0.3) is 10.0 Å². The molecule has 208 valence electrons. The van der Waals surface area contributed by atoms with E-state index in [0.29, 0.717) is 17.7 Å². The zero-order valence-corrected chi connectivity index (χ0v) is 23.3. The van der Waals surface area contributed by atoms with Gasteiger partial charge in [-0.15, -0.1) is 0 Å². The number of nitrogens with zero attached hydrogens (tertiary/aromatic N) is 2. The molecule has 2 amide bonds. The van der Waals surface area contributed by atoms with E-state index in [1.807, 2.05) is 13.8 Å². The van der Waals surface area contributed by atoms with Gasteiger partial charge >= 0.3 is 0 Å². The summed E-state index contributed by atoms with van der Waals surface area (Å²) in [6.45, 7) is 4.84. The van der Waals surface area contributed by atoms with Gasteiger partial charge in [0.1, 0.15) is 24.2 Å². The van der Waals surface area contributed by atoms with Gasteiger partial charge in [0.15, 0.2) is 0 Å². The van der Waals surface area contributed by atoms with Crippen molar-refractivity contribution in [2.75, 3.05) is 18.0 Å². The molecule has 3 aromatic rings. The van der Waals surface area contributed by atoms with Crippen molar-refractivity contribution in [1.82, 2.24) is 10.2 Å². The van der Waals surface area contributed by atoms with Crippen LogP contribution in [-0.2, 0) is 26.2 Å². The molecular formula is C29H34FN3O5S. The number of nitrogens with one attached hydrogen (secondary N) is 1. The van der Waals surface area contributed by atoms with E-state index in [-0.39, 0.29) is 29.1 Å². The highest BCUT2D eigenvalue weighted by atomic mass is 32.2. The highest BCUT2D eigenvalue weighted by molar-refractivity contribution is 7.92. The summed E-state index contributed by atoms with van der Waals surface area (Å²) in [6.07, 6.45) is 0.291. The molecule has 1 atom stereocenters. The van der Waals surface area contributed by atoms with E-state index in [2.05, 4.69) is 5.32 Å². The predicted molar refractivity (Wildman–Crippen MR) is 148 cm³/mol. The first kappa shape index (κ1) is 29.6. The Morgan fingerprint density at radius 2 is 1.56 bits per heavy atom. The molecule has 39 heavy (non-hydrogen) atoms. The molecular weight excluding hydrogens is 521 g/mol. The summed E-state index contributed by atoms with van der Waals surface area (Å²) >= 11 is 0. The number of hydrogen-bond donors (Lipinski definition) is 1. The van der Waals surface area contributed by atoms with Crippen molar-refractivity contribution in [2.24, 2.45) is 0 Å². The maximum Gasteiger partial charge on any atom is 0.264 e. The number of carbonyl (C=O) groups is 2. The number of halogens is 1. The summed E-state index contributed by atoms with van der Waals surface area (Å²) in [4.78, 5) is 28.4. The van der Waals surface area contributed by atoms with Crippen LogP contribution in [0.5, 0.6) is 5.75 Å². The monoisotopic (exact) mass is 555 g/mol. The fraction of sp³-hybridized carbons (Fsp3) is 0.310. The molecule has 0 spiro atoms. The number of methoxy groups -OCH3 is 1. The van der Waals surface area contributed by atoms with Crippen LogP contribution in [0.25, 0.3) is 0 Å². The maximum atomic E-state index is 13.9. The molecule has 0 unspecified atom stereocenters. The molecule has 0 aliphatic rings. The Balaban J connectivity index is 2.05. The highest BCUT2D eigenvalue weighted by Crippen LogP contribution is 2.26. The van der Waals surface area contributed by atoms with Crippen LogP contribution in [0.4, 0.5) is 10.1 Å². The number of anilines is 1. The van der Waals surface area contributed by atoms with E-state index in [1.165, 1.54) is 48.4 Å². The van der Waals surface area contributed by atoms with Crippen molar-refractivity contribution in [3.8, 4) is 5.75 Å². The first-order chi connectivity index (χ1) is 18.6. The smallest absolute Gasteiger partial charge is 0.264 e. The number of ether oxygens (including phenoxy) is 1. The van der Waals surface area contributed by atoms with E-state index in [9.17, 15) is 22.4 Å². The second-order valence-electron chi connectivity index (χ2n) is 9.26. The van der Waals surface area contributed by atoms with Gasteiger partial charge in [-0.3, -0.25) is 13.9 Å². The zero-order chi connectivity index (χ0) is 28.6. The molecule has 0 aliphatic carbocycles. The minimum Gasteiger partial charge on any atom is -0.497 e. The molecule has 0 aliphatic heterocycles. The Bertz CT molecular complexity index is 1350. The highest BCUT2D eigenvalue weighted by Gasteiger charge is 2.33. The summed E-state index contributed by atoms with van der Waals surface area (Å²) in [7, 11) is -2.66. The Morgan fingerprint density at radius 3 is 2.10 bits per heavy atom. The van der Waals surface area contributed by atoms with Gasteiger partial charge in [0.2, 0.25) is 11.8 Å². The van der Waals surface area contributed by atoms with Crippen LogP contribution in [0.1, 0.15) is 32.8 Å². The molecule has 1 N–H and O–H groups in total. The number of hydrogen-bond acceptors (Lipinski definition) is 5. The quantitative estimate of drug-likeness (QED) is 0.358. The van der Waals surface area contributed by atoms with Crippen LogP contribution in [0.15, 0.2) is 83.8 Å². The van der Waals surface area contributed by atoms with Crippen LogP contribution >= 0.6 is 0 Å². The average molecular weight is 556 g/mol. The lowest BCUT2D eigenvalue weighted by Crippen LogP contribution is -2.53. The number of benzene rings is 3. The van der Waals surface area contributed by atoms with E-state index in [1.54, 1.807) is 49.4 Å². The van der Waals surface area contributed by atoms with Crippen LogP contribution in [0.2, 0.25) is 0 Å². The van der Waals surface area contributed by atoms with Gasteiger partial charge in [0.05, 0.1) is 17.7 Å². The van der Waals surface area contributed by atoms with Gasteiger partial charge in [-0.2, -0.15) is 0 Å². The third-order valence-electron chi connectivity index (χ3n) is 6.05. The SMILES string of the molecule is CC[C@@H](C(=O)NC(C)C)N(Cc1ccc(F)cc1)C(=O)CN(c1ccc(OC)cc1)S(=O)(=O)c1ccccc1. The molecule has 8 nitrogen and oxygen atoms in total. The van der Waals surface area contributed by atoms with Gasteiger partial charge in [-0.1, -0.05) is 37.3 Å². The third-order valence-corrected chi connectivity index (χ3v) is 7.84. The van der Waals surface area contributed by atoms with Gasteiger partial charge in [-0.05, 0) is 74.4 Å². The van der Waals surface area contributed by atoms with Crippen molar-refractivity contribution in [1.29, 1.82) is 0 Å². The van der Waals surface area contributed by atoms with E-state index in [0.717, 1.165) is 4.31 Å². The average Bonchev–Trinajstić information content (AvgIpc) is 2.92. The number of sulfonamides is 1. The molecule has 0 heterocycles. The van der Waals surface area contributed by atoms with Crippen molar-refractivity contribution in [3.05, 3.63) is 90.2 Å². The number of carbonyl (C=O) groups excluding carboxylic acids is 2. The van der Waals surface area contributed by atoms with Gasteiger partial charge < -0.3 is 15.0 Å². The van der Waals surface area contributed by atoms with Crippen molar-refractivity contribution < 1.29 is 27.1 Å². The summed E-state index contributed by atoms with van der Waals surface area (Å²) in [5.74, 6) is -0.845. The summed E-state index contributed by atoms with van der Waals surface area (Å²) in [6, 6.07) is 18.7. The molecule has 0 saturated heterocycles. The first-order valence-corrected chi connectivity index (χ1v) is 14.1. The molecule has 0 bridgehead atoms. The molecule has 0 radical (unpaired) electrons. The lowest BCUT2D eigenvalue weighted by atomic mass is 10.1. The first-order valence-electron chi connectivity index (χ1n) is 12.6. The Morgan fingerprint density at radius 1 is 0.949 bits per heavy atom. The fourth-order valence-corrected chi connectivity index (χ4v) is 5.52. The van der Waals surface area contributed by atoms with Crippen LogP contribution < -0.4 is 14.4 Å². The minimum absolute atomic E-state index is 0.00896. The maximum absolute atomic E-state index is 13.9. The lowest BCUT2D eigenvalue weighted by Gasteiger charge is -2.33. The molecule has 0 aromatic heterocycles. The van der Waals surface area contributed by atoms with Crippen molar-refractivity contribution >= 4 is 27.5 Å². The molecule has 10 heteroatoms. The lowest BCUT2D eigenvalue weighted by molar-refractivity contribution is -0.140. The second-order valence-corrected chi connectivity index (χ2v) is 11.1.